The zero-order valence-electron chi connectivity index (χ0n) is 7.16. The molecule has 3 aromatic heterocycles. The Balaban J connectivity index is 2.36. The van der Waals surface area contributed by atoms with Gasteiger partial charge in [0, 0.05) is 0 Å². The molecular formula is C9H6N4S. The highest BCUT2D eigenvalue weighted by Crippen LogP contribution is 2.23. The first-order valence-electron chi connectivity index (χ1n) is 4.13. The van der Waals surface area contributed by atoms with Gasteiger partial charge in [-0.3, -0.25) is 9.38 Å². The molecule has 0 N–H and O–H groups in total. The van der Waals surface area contributed by atoms with Crippen LogP contribution in [0, 0.1) is 0 Å². The van der Waals surface area contributed by atoms with E-state index in [0.29, 0.717) is 0 Å². The molecule has 14 heavy (non-hydrogen) atoms. The molecule has 0 aromatic carbocycles. The molecular weight excluding hydrogens is 196 g/mol. The van der Waals surface area contributed by atoms with E-state index in [2.05, 4.69) is 21.2 Å². The molecule has 5 heteroatoms. The van der Waals surface area contributed by atoms with Crippen molar-refractivity contribution >= 4 is 17.0 Å². The summed E-state index contributed by atoms with van der Waals surface area (Å²) in [5, 5.41) is 9.83. The van der Waals surface area contributed by atoms with Crippen molar-refractivity contribution in [3.05, 3.63) is 36.2 Å². The van der Waals surface area contributed by atoms with E-state index in [1.807, 2.05) is 22.0 Å². The zero-order valence-corrected chi connectivity index (χ0v) is 7.98. The zero-order chi connectivity index (χ0) is 9.38. The van der Waals surface area contributed by atoms with Gasteiger partial charge < -0.3 is 0 Å². The van der Waals surface area contributed by atoms with Crippen LogP contribution in [0.15, 0.2) is 36.2 Å². The molecule has 0 aliphatic heterocycles. The van der Waals surface area contributed by atoms with Crippen LogP contribution < -0.4 is 0 Å². The first-order valence-corrected chi connectivity index (χ1v) is 5.01. The molecule has 0 saturated carbocycles. The molecule has 4 nitrogen and oxygen atoms in total. The number of hydrogen-bond acceptors (Lipinski definition) is 4. The maximum Gasteiger partial charge on any atom is 0.179 e. The van der Waals surface area contributed by atoms with Crippen molar-refractivity contribution in [1.29, 1.82) is 0 Å². The second kappa shape index (κ2) is 2.88. The van der Waals surface area contributed by atoms with Crippen LogP contribution in [0.2, 0.25) is 0 Å². The Morgan fingerprint density at radius 2 is 2.29 bits per heavy atom. The van der Waals surface area contributed by atoms with Gasteiger partial charge in [-0.2, -0.15) is 0 Å². The Morgan fingerprint density at radius 3 is 3.14 bits per heavy atom. The largest absolute Gasteiger partial charge is 0.278 e. The van der Waals surface area contributed by atoms with Gasteiger partial charge in [-0.1, -0.05) is 6.07 Å². The van der Waals surface area contributed by atoms with Crippen molar-refractivity contribution in [3.63, 3.8) is 0 Å². The predicted molar refractivity (Wildman–Crippen MR) is 54.1 cm³/mol. The van der Waals surface area contributed by atoms with Gasteiger partial charge >= 0.3 is 0 Å². The summed E-state index contributed by atoms with van der Waals surface area (Å²) in [6.45, 7) is 0. The van der Waals surface area contributed by atoms with E-state index in [1.54, 1.807) is 23.9 Å². The van der Waals surface area contributed by atoms with Gasteiger partial charge in [0.1, 0.15) is 6.33 Å². The molecule has 0 spiro atoms. The van der Waals surface area contributed by atoms with Crippen LogP contribution in [-0.4, -0.2) is 19.6 Å². The summed E-state index contributed by atoms with van der Waals surface area (Å²) >= 11 is 1.68. The number of aromatic nitrogens is 4. The summed E-state index contributed by atoms with van der Waals surface area (Å²) in [5.74, 6) is 0. The average Bonchev–Trinajstić information content (AvgIpc) is 2.88. The smallest absolute Gasteiger partial charge is 0.179 e. The normalized spacial score (nSPS) is 10.9. The van der Waals surface area contributed by atoms with Crippen LogP contribution in [0.3, 0.4) is 0 Å². The molecule has 0 atom stereocenters. The maximum absolute atomic E-state index is 4.12. The second-order valence-corrected chi connectivity index (χ2v) is 3.78. The summed E-state index contributed by atoms with van der Waals surface area (Å²) in [6.07, 6.45) is 5.22. The molecule has 3 heterocycles. The number of fused-ring (bicyclic) bond motifs is 1. The third-order valence-electron chi connectivity index (χ3n) is 1.99. The number of nitrogens with zero attached hydrogens (tertiary/aromatic N) is 4. The minimum absolute atomic E-state index is 0.774. The quantitative estimate of drug-likeness (QED) is 0.604. The molecule has 0 unspecified atom stereocenters. The molecule has 0 saturated heterocycles. The van der Waals surface area contributed by atoms with Crippen molar-refractivity contribution in [2.75, 3.05) is 0 Å². The number of thiophene rings is 1. The van der Waals surface area contributed by atoms with Crippen LogP contribution >= 0.6 is 11.3 Å². The van der Waals surface area contributed by atoms with Gasteiger partial charge in [0.05, 0.1) is 23.0 Å². The molecule has 0 fully saturated rings. The lowest BCUT2D eigenvalue weighted by molar-refractivity contribution is 1.10. The van der Waals surface area contributed by atoms with Crippen LogP contribution in [0.4, 0.5) is 0 Å². The minimum atomic E-state index is 0.774. The molecule has 68 valence electrons. The minimum Gasteiger partial charge on any atom is -0.278 e. The summed E-state index contributed by atoms with van der Waals surface area (Å²) in [4.78, 5) is 5.29. The van der Waals surface area contributed by atoms with Crippen molar-refractivity contribution < 1.29 is 0 Å². The van der Waals surface area contributed by atoms with E-state index in [1.165, 1.54) is 4.88 Å². The van der Waals surface area contributed by atoms with E-state index in [4.69, 9.17) is 0 Å². The first-order chi connectivity index (χ1) is 6.95. The average molecular weight is 202 g/mol. The van der Waals surface area contributed by atoms with Gasteiger partial charge in [0.25, 0.3) is 0 Å². The highest BCUT2D eigenvalue weighted by atomic mass is 32.1. The lowest BCUT2D eigenvalue weighted by Gasteiger charge is -1.99. The lowest BCUT2D eigenvalue weighted by atomic mass is 10.3. The van der Waals surface area contributed by atoms with Crippen LogP contribution in [0.25, 0.3) is 16.2 Å². The van der Waals surface area contributed by atoms with Gasteiger partial charge in [-0.25, -0.2) is 0 Å². The molecule has 0 amide bonds. The SMILES string of the molecule is c1csc(-c2cncc3nncn23)c1. The fourth-order valence-corrected chi connectivity index (χ4v) is 2.09. The van der Waals surface area contributed by atoms with Crippen molar-refractivity contribution in [2.45, 2.75) is 0 Å². The molecule has 0 aliphatic carbocycles. The Hall–Kier alpha value is -1.75. The summed E-state index contributed by atoms with van der Waals surface area (Å²) in [5.41, 5.74) is 1.80. The lowest BCUT2D eigenvalue weighted by Crippen LogP contribution is -1.89. The first kappa shape index (κ1) is 7.64. The number of hydrogen-bond donors (Lipinski definition) is 0. The highest BCUT2D eigenvalue weighted by molar-refractivity contribution is 7.13. The van der Waals surface area contributed by atoms with Gasteiger partial charge in [0.2, 0.25) is 0 Å². The molecule has 0 aliphatic rings. The third-order valence-corrected chi connectivity index (χ3v) is 2.89. The van der Waals surface area contributed by atoms with E-state index in [-0.39, 0.29) is 0 Å². The van der Waals surface area contributed by atoms with Crippen LogP contribution in [-0.2, 0) is 0 Å². The number of rotatable bonds is 1. The third kappa shape index (κ3) is 1.03. The van der Waals surface area contributed by atoms with Crippen molar-refractivity contribution in [1.82, 2.24) is 19.6 Å². The summed E-state index contributed by atoms with van der Waals surface area (Å²) in [6, 6.07) is 4.07. The molecule has 3 rings (SSSR count). The second-order valence-electron chi connectivity index (χ2n) is 2.83. The molecule has 0 bridgehead atoms. The van der Waals surface area contributed by atoms with Crippen LogP contribution in [0.1, 0.15) is 0 Å². The fourth-order valence-electron chi connectivity index (χ4n) is 1.36. The standard InChI is InChI=1S/C9H6N4S/c1-2-8(14-3-1)7-4-10-5-9-12-11-6-13(7)9/h1-6H. The van der Waals surface area contributed by atoms with Crippen molar-refractivity contribution in [2.24, 2.45) is 0 Å². The van der Waals surface area contributed by atoms with E-state index < -0.39 is 0 Å². The highest BCUT2D eigenvalue weighted by Gasteiger charge is 2.04. The van der Waals surface area contributed by atoms with Gasteiger partial charge in [-0.05, 0) is 11.4 Å². The monoisotopic (exact) mass is 202 g/mol. The summed E-state index contributed by atoms with van der Waals surface area (Å²) < 4.78 is 1.93. The van der Waals surface area contributed by atoms with Crippen LogP contribution in [0.5, 0.6) is 0 Å². The molecule has 0 radical (unpaired) electrons. The predicted octanol–water partition coefficient (Wildman–Crippen LogP) is 1.85. The topological polar surface area (TPSA) is 43.1 Å². The Labute approximate surface area is 83.9 Å². The Bertz CT molecular complexity index is 555. The maximum atomic E-state index is 4.12. The van der Waals surface area contributed by atoms with E-state index >= 15 is 0 Å². The van der Waals surface area contributed by atoms with E-state index in [0.717, 1.165) is 11.3 Å². The van der Waals surface area contributed by atoms with Crippen molar-refractivity contribution in [3.8, 4) is 10.6 Å². The molecule has 3 aromatic rings. The Kier molecular flexibility index (Phi) is 1.57. The summed E-state index contributed by atoms with van der Waals surface area (Å²) in [7, 11) is 0. The Morgan fingerprint density at radius 1 is 1.29 bits per heavy atom. The fraction of sp³-hybridized carbons (Fsp3) is 0. The van der Waals surface area contributed by atoms with E-state index in [9.17, 15) is 0 Å². The van der Waals surface area contributed by atoms with Gasteiger partial charge in [-0.15, -0.1) is 21.5 Å². The van der Waals surface area contributed by atoms with Gasteiger partial charge in [0.15, 0.2) is 5.65 Å².